The van der Waals surface area contributed by atoms with Gasteiger partial charge in [-0.3, -0.25) is 4.79 Å². The molecule has 0 radical (unpaired) electrons. The summed E-state index contributed by atoms with van der Waals surface area (Å²) in [5.41, 5.74) is 14.2. The van der Waals surface area contributed by atoms with E-state index in [1.54, 1.807) is 43.5 Å². The highest BCUT2D eigenvalue weighted by atomic mass is 32.2. The minimum Gasteiger partial charge on any atom is -0.496 e. The number of sulfonamides is 1. The number of guanidine groups is 1. The van der Waals surface area contributed by atoms with Crippen LogP contribution in [0.4, 0.5) is 0 Å². The number of aryl methyl sites for hydroxylation is 1. The van der Waals surface area contributed by atoms with Crippen LogP contribution in [-0.4, -0.2) is 56.3 Å². The van der Waals surface area contributed by atoms with Gasteiger partial charge in [0.15, 0.2) is 5.01 Å². The zero-order valence-corrected chi connectivity index (χ0v) is 21.0. The predicted octanol–water partition coefficient (Wildman–Crippen LogP) is 2.39. The molecular formula is C22H31N5O4S2. The minimum absolute atomic E-state index is 0.0493. The molecule has 1 fully saturated rings. The highest BCUT2D eigenvalue weighted by Gasteiger charge is 2.29. The Morgan fingerprint density at radius 3 is 2.73 bits per heavy atom. The lowest BCUT2D eigenvalue weighted by atomic mass is 9.90. The highest BCUT2D eigenvalue weighted by molar-refractivity contribution is 7.90. The quantitative estimate of drug-likeness (QED) is 0.340. The van der Waals surface area contributed by atoms with Gasteiger partial charge < -0.3 is 21.1 Å². The summed E-state index contributed by atoms with van der Waals surface area (Å²) in [6, 6.07) is 1.04. The number of ketones is 1. The van der Waals surface area contributed by atoms with Gasteiger partial charge in [-0.25, -0.2) is 4.98 Å². The monoisotopic (exact) mass is 493 g/mol. The Morgan fingerprint density at radius 1 is 1.36 bits per heavy atom. The molecule has 4 N–H and O–H groups in total. The second-order valence-corrected chi connectivity index (χ2v) is 10.8. The van der Waals surface area contributed by atoms with Gasteiger partial charge in [-0.05, 0) is 68.7 Å². The summed E-state index contributed by atoms with van der Waals surface area (Å²) >= 11 is 1.27. The van der Waals surface area contributed by atoms with Gasteiger partial charge in [0, 0.05) is 24.7 Å². The molecule has 3 rings (SSSR count). The molecule has 33 heavy (non-hydrogen) atoms. The Labute approximate surface area is 198 Å². The molecule has 1 aliphatic heterocycles. The summed E-state index contributed by atoms with van der Waals surface area (Å²) in [5.74, 6) is 0.503. The molecule has 1 aromatic carbocycles. The number of nitrogens with two attached hydrogens (primary N) is 2. The Morgan fingerprint density at radius 2 is 2.09 bits per heavy atom. The average Bonchev–Trinajstić information content (AvgIpc) is 3.30. The van der Waals surface area contributed by atoms with Gasteiger partial charge in [-0.2, -0.15) is 8.42 Å². The van der Waals surface area contributed by atoms with Crippen LogP contribution in [0, 0.1) is 26.7 Å². The number of ether oxygens (including phenoxy) is 1. The third kappa shape index (κ3) is 5.53. The Hall–Kier alpha value is -2.50. The number of hydrogen-bond acceptors (Lipinski definition) is 7. The van der Waals surface area contributed by atoms with Gasteiger partial charge in [0.25, 0.3) is 10.0 Å². The Kier molecular flexibility index (Phi) is 7.76. The molecule has 2 atom stereocenters. The number of likely N-dealkylation sites (tertiary alicyclic amines) is 1. The van der Waals surface area contributed by atoms with Crippen molar-refractivity contribution in [2.75, 3.05) is 20.2 Å². The number of thiazole rings is 1. The van der Waals surface area contributed by atoms with Gasteiger partial charge in [-0.1, -0.05) is 0 Å². The largest absolute Gasteiger partial charge is 0.496 e. The first kappa shape index (κ1) is 25.1. The van der Waals surface area contributed by atoms with Gasteiger partial charge >= 0.3 is 0 Å². The molecule has 11 heteroatoms. The van der Waals surface area contributed by atoms with Crippen LogP contribution in [0.5, 0.6) is 5.75 Å². The van der Waals surface area contributed by atoms with Crippen LogP contribution in [0.3, 0.4) is 0 Å². The molecule has 180 valence electrons. The topological polar surface area (TPSA) is 141 Å². The van der Waals surface area contributed by atoms with Crippen LogP contribution >= 0.6 is 11.3 Å². The van der Waals surface area contributed by atoms with E-state index in [-0.39, 0.29) is 22.6 Å². The smallest absolute Gasteiger partial charge is 0.286 e. The normalized spacial score (nSPS) is 18.3. The van der Waals surface area contributed by atoms with E-state index in [1.807, 2.05) is 6.92 Å². The fourth-order valence-corrected chi connectivity index (χ4v) is 6.39. The van der Waals surface area contributed by atoms with E-state index in [4.69, 9.17) is 16.2 Å². The lowest BCUT2D eigenvalue weighted by molar-refractivity contribution is 0.0939. The summed E-state index contributed by atoms with van der Waals surface area (Å²) in [6.45, 7) is 6.34. The fourth-order valence-electron chi connectivity index (χ4n) is 4.29. The van der Waals surface area contributed by atoms with Crippen molar-refractivity contribution in [3.05, 3.63) is 39.3 Å². The van der Waals surface area contributed by atoms with E-state index in [2.05, 4.69) is 9.38 Å². The van der Waals surface area contributed by atoms with Gasteiger partial charge in [-0.15, -0.1) is 15.7 Å². The number of aromatic nitrogens is 1. The van der Waals surface area contributed by atoms with Crippen molar-refractivity contribution in [2.45, 2.75) is 51.0 Å². The van der Waals surface area contributed by atoms with Crippen molar-refractivity contribution in [1.82, 2.24) is 9.88 Å². The zero-order valence-electron chi connectivity index (χ0n) is 19.4. The molecule has 1 aliphatic rings. The zero-order chi connectivity index (χ0) is 24.3. The number of carbonyl (C=O) groups excluding carboxylic acids is 1. The Balaban J connectivity index is 1.76. The van der Waals surface area contributed by atoms with Crippen molar-refractivity contribution in [1.29, 1.82) is 0 Å². The molecule has 2 aromatic rings. The maximum absolute atomic E-state index is 13.2. The number of piperidine rings is 1. The first-order valence-corrected chi connectivity index (χ1v) is 13.1. The van der Waals surface area contributed by atoms with Gasteiger partial charge in [0.05, 0.1) is 18.0 Å². The number of hydrogen-bond donors (Lipinski definition) is 2. The Bertz CT molecular complexity index is 1150. The molecule has 9 nitrogen and oxygen atoms in total. The molecule has 2 heterocycles. The van der Waals surface area contributed by atoms with Crippen LogP contribution in [-0.2, 0) is 10.0 Å². The molecule has 1 unspecified atom stereocenters. The third-order valence-electron chi connectivity index (χ3n) is 6.08. The maximum Gasteiger partial charge on any atom is 0.286 e. The van der Waals surface area contributed by atoms with Crippen LogP contribution < -0.4 is 16.2 Å². The van der Waals surface area contributed by atoms with Crippen molar-refractivity contribution in [3.8, 4) is 5.75 Å². The van der Waals surface area contributed by atoms with E-state index in [0.717, 1.165) is 18.4 Å². The minimum atomic E-state index is -4.02. The molecule has 0 saturated carbocycles. The second kappa shape index (κ2) is 10.2. The number of nitrogens with zero attached hydrogens (tertiary/aromatic N) is 3. The fraction of sp³-hybridized carbons (Fsp3) is 0.500. The number of rotatable bonds is 7. The van der Waals surface area contributed by atoms with Crippen molar-refractivity contribution >= 4 is 33.1 Å². The third-order valence-corrected chi connectivity index (χ3v) is 8.44. The van der Waals surface area contributed by atoms with Crippen molar-refractivity contribution < 1.29 is 17.9 Å². The number of methoxy groups -OCH3 is 1. The highest BCUT2D eigenvalue weighted by Crippen LogP contribution is 2.32. The summed E-state index contributed by atoms with van der Waals surface area (Å²) in [5, 5.41) is 2.15. The number of Topliss-reactive ketones (excluding diaryl/α,β-unsaturated/α-hetero) is 1. The first-order valence-electron chi connectivity index (χ1n) is 10.7. The molecule has 0 bridgehead atoms. The van der Waals surface area contributed by atoms with Crippen molar-refractivity contribution in [2.24, 2.45) is 21.8 Å². The molecule has 1 saturated heterocycles. The average molecular weight is 494 g/mol. The lowest BCUT2D eigenvalue weighted by Crippen LogP contribution is -2.46. The summed E-state index contributed by atoms with van der Waals surface area (Å²) < 4.78 is 35.6. The van der Waals surface area contributed by atoms with E-state index in [1.165, 1.54) is 11.3 Å². The molecular weight excluding hydrogens is 462 g/mol. The number of carbonyl (C=O) groups is 1. The van der Waals surface area contributed by atoms with E-state index < -0.39 is 16.1 Å². The van der Waals surface area contributed by atoms with E-state index >= 15 is 0 Å². The van der Waals surface area contributed by atoms with Crippen LogP contribution in [0.25, 0.3) is 0 Å². The summed E-state index contributed by atoms with van der Waals surface area (Å²) in [4.78, 5) is 18.4. The van der Waals surface area contributed by atoms with Crippen LogP contribution in [0.2, 0.25) is 0 Å². The first-order chi connectivity index (χ1) is 15.5. The summed E-state index contributed by atoms with van der Waals surface area (Å²) in [7, 11) is -2.47. The maximum atomic E-state index is 13.2. The van der Waals surface area contributed by atoms with Crippen LogP contribution in [0.15, 0.2) is 26.9 Å². The molecule has 0 aliphatic carbocycles. The summed E-state index contributed by atoms with van der Waals surface area (Å²) in [6.07, 6.45) is 3.74. The predicted molar refractivity (Wildman–Crippen MR) is 129 cm³/mol. The molecule has 0 spiro atoms. The lowest BCUT2D eigenvalue weighted by Gasteiger charge is -2.34. The molecule has 0 amide bonds. The SMILES string of the molecule is COc1cc(C)c(S(=O)(=O)/N=C(\N)N2CCC[C@H](CC(N)C(=O)c3nccs3)C2)c(C)c1C. The van der Waals surface area contributed by atoms with Gasteiger partial charge in [0.1, 0.15) is 5.75 Å². The van der Waals surface area contributed by atoms with Crippen molar-refractivity contribution in [3.63, 3.8) is 0 Å². The van der Waals surface area contributed by atoms with E-state index in [9.17, 15) is 13.2 Å². The number of benzene rings is 1. The van der Waals surface area contributed by atoms with Crippen LogP contribution in [0.1, 0.15) is 45.8 Å². The molecule has 1 aromatic heterocycles. The standard InChI is InChI=1S/C22H31N5O4S2/c1-13-10-18(31-4)14(2)15(3)20(13)33(29,30)26-22(24)27-8-5-6-16(12-27)11-17(23)19(28)21-25-7-9-32-21/h7,9-10,16-17H,5-6,8,11-12,23H2,1-4H3,(H2,24,26)/t16-,17?/m1/s1. The van der Waals surface area contributed by atoms with E-state index in [0.29, 0.717) is 41.4 Å². The second-order valence-electron chi connectivity index (χ2n) is 8.40. The van der Waals surface area contributed by atoms with Gasteiger partial charge in [0.2, 0.25) is 11.7 Å².